The number of amides is 2. The van der Waals surface area contributed by atoms with E-state index in [1.54, 1.807) is 16.8 Å². The fourth-order valence-corrected chi connectivity index (χ4v) is 4.05. The Bertz CT molecular complexity index is 1000. The minimum Gasteiger partial charge on any atom is -0.370 e. The Labute approximate surface area is 174 Å². The summed E-state index contributed by atoms with van der Waals surface area (Å²) >= 11 is 0. The lowest BCUT2D eigenvalue weighted by atomic mass is 10.1. The van der Waals surface area contributed by atoms with Gasteiger partial charge in [0.2, 0.25) is 5.91 Å². The van der Waals surface area contributed by atoms with Crippen molar-refractivity contribution >= 4 is 35.2 Å². The van der Waals surface area contributed by atoms with Crippen LogP contribution in [0.5, 0.6) is 0 Å². The van der Waals surface area contributed by atoms with Crippen LogP contribution in [-0.4, -0.2) is 63.5 Å². The first kappa shape index (κ1) is 19.0. The van der Waals surface area contributed by atoms with E-state index < -0.39 is 0 Å². The molecule has 158 valence electrons. The van der Waals surface area contributed by atoms with Gasteiger partial charge >= 0.3 is 0 Å². The molecule has 9 heteroatoms. The summed E-state index contributed by atoms with van der Waals surface area (Å²) in [4.78, 5) is 30.7. The van der Waals surface area contributed by atoms with Crippen molar-refractivity contribution in [1.82, 2.24) is 24.8 Å². The molecule has 4 heterocycles. The SMILES string of the molecule is O=C1C/C(=C\c2cnn3c(NC4CC4)cc(NCCCN4CCCC4)nc23)C(=O)N1. The summed E-state index contributed by atoms with van der Waals surface area (Å²) in [5.74, 6) is 1.07. The summed E-state index contributed by atoms with van der Waals surface area (Å²) in [6, 6.07) is 2.47. The standard InChI is InChI=1S/C21H27N7O2/c29-19-11-14(21(30)26-19)10-15-13-23-28-18(24-16-4-5-16)12-17(25-20(15)28)22-6-3-9-27-7-1-2-8-27/h10,12-13,16,24H,1-9,11H2,(H,22,25)(H,26,29,30)/b14-10+. The molecule has 2 aromatic rings. The van der Waals surface area contributed by atoms with E-state index in [4.69, 9.17) is 4.98 Å². The number of likely N-dealkylation sites (tertiary alicyclic amines) is 1. The first-order valence-electron chi connectivity index (χ1n) is 10.8. The highest BCUT2D eigenvalue weighted by molar-refractivity contribution is 6.15. The molecule has 2 saturated heterocycles. The number of hydrogen-bond donors (Lipinski definition) is 3. The zero-order valence-corrected chi connectivity index (χ0v) is 17.0. The van der Waals surface area contributed by atoms with Gasteiger partial charge in [0.05, 0.1) is 12.6 Å². The van der Waals surface area contributed by atoms with Crippen molar-refractivity contribution in [3.05, 3.63) is 23.4 Å². The fourth-order valence-electron chi connectivity index (χ4n) is 4.05. The third-order valence-electron chi connectivity index (χ3n) is 5.81. The third-order valence-corrected chi connectivity index (χ3v) is 5.81. The zero-order valence-electron chi connectivity index (χ0n) is 17.0. The van der Waals surface area contributed by atoms with Crippen LogP contribution in [0.4, 0.5) is 11.6 Å². The van der Waals surface area contributed by atoms with Crippen molar-refractivity contribution in [3.8, 4) is 0 Å². The van der Waals surface area contributed by atoms with Gasteiger partial charge in [0.15, 0.2) is 5.65 Å². The first-order valence-corrected chi connectivity index (χ1v) is 10.8. The van der Waals surface area contributed by atoms with Crippen LogP contribution in [0.25, 0.3) is 11.7 Å². The molecular weight excluding hydrogens is 382 g/mol. The van der Waals surface area contributed by atoms with Crippen LogP contribution in [0.2, 0.25) is 0 Å². The lowest BCUT2D eigenvalue weighted by Crippen LogP contribution is -2.22. The molecule has 0 radical (unpaired) electrons. The van der Waals surface area contributed by atoms with E-state index in [1.165, 1.54) is 25.9 Å². The van der Waals surface area contributed by atoms with E-state index in [-0.39, 0.29) is 18.2 Å². The molecule has 2 aliphatic heterocycles. The molecule has 30 heavy (non-hydrogen) atoms. The van der Waals surface area contributed by atoms with Crippen molar-refractivity contribution in [2.45, 2.75) is 44.6 Å². The fraction of sp³-hybridized carbons (Fsp3) is 0.524. The maximum atomic E-state index is 11.9. The highest BCUT2D eigenvalue weighted by Gasteiger charge is 2.25. The molecule has 3 aliphatic rings. The molecule has 3 N–H and O–H groups in total. The summed E-state index contributed by atoms with van der Waals surface area (Å²) in [7, 11) is 0. The van der Waals surface area contributed by atoms with Crippen LogP contribution in [0.1, 0.15) is 44.1 Å². The highest BCUT2D eigenvalue weighted by atomic mass is 16.2. The van der Waals surface area contributed by atoms with E-state index in [2.05, 4.69) is 25.9 Å². The predicted molar refractivity (Wildman–Crippen MR) is 114 cm³/mol. The maximum absolute atomic E-state index is 11.9. The molecule has 1 aliphatic carbocycles. The molecule has 2 aromatic heterocycles. The van der Waals surface area contributed by atoms with E-state index in [0.717, 1.165) is 49.6 Å². The van der Waals surface area contributed by atoms with E-state index in [1.807, 2.05) is 6.07 Å². The summed E-state index contributed by atoms with van der Waals surface area (Å²) in [6.45, 7) is 4.38. The van der Waals surface area contributed by atoms with Crippen LogP contribution in [0.15, 0.2) is 17.8 Å². The number of nitrogens with one attached hydrogen (secondary N) is 3. The molecule has 0 atom stereocenters. The number of hydrogen-bond acceptors (Lipinski definition) is 7. The van der Waals surface area contributed by atoms with Gasteiger partial charge in [0.1, 0.15) is 11.6 Å². The van der Waals surface area contributed by atoms with Gasteiger partial charge < -0.3 is 15.5 Å². The number of aromatic nitrogens is 3. The van der Waals surface area contributed by atoms with Gasteiger partial charge in [0, 0.05) is 29.8 Å². The van der Waals surface area contributed by atoms with Crippen molar-refractivity contribution in [2.75, 3.05) is 36.8 Å². The van der Waals surface area contributed by atoms with E-state index in [0.29, 0.717) is 17.3 Å². The molecule has 9 nitrogen and oxygen atoms in total. The molecule has 0 aromatic carbocycles. The molecular formula is C21H27N7O2. The van der Waals surface area contributed by atoms with Crippen LogP contribution in [0, 0.1) is 0 Å². The quantitative estimate of drug-likeness (QED) is 0.346. The van der Waals surface area contributed by atoms with Crippen molar-refractivity contribution in [3.63, 3.8) is 0 Å². The lowest BCUT2D eigenvalue weighted by Gasteiger charge is -2.15. The second-order valence-electron chi connectivity index (χ2n) is 8.33. The molecule has 0 unspecified atom stereocenters. The number of fused-ring (bicyclic) bond motifs is 1. The minimum absolute atomic E-state index is 0.0950. The summed E-state index contributed by atoms with van der Waals surface area (Å²) < 4.78 is 1.77. The summed E-state index contributed by atoms with van der Waals surface area (Å²) in [6.07, 6.45) is 9.50. The van der Waals surface area contributed by atoms with Gasteiger partial charge in [-0.05, 0) is 57.8 Å². The Morgan fingerprint density at radius 2 is 2.07 bits per heavy atom. The molecule has 3 fully saturated rings. The summed E-state index contributed by atoms with van der Waals surface area (Å²) in [5, 5.41) is 13.8. The number of carbonyl (C=O) groups excluding carboxylic acids is 2. The molecule has 0 bridgehead atoms. The Hall–Kier alpha value is -2.94. The third kappa shape index (κ3) is 4.16. The first-order chi connectivity index (χ1) is 14.7. The van der Waals surface area contributed by atoms with Gasteiger partial charge in [0.25, 0.3) is 5.91 Å². The van der Waals surface area contributed by atoms with Gasteiger partial charge in [-0.15, -0.1) is 0 Å². The monoisotopic (exact) mass is 409 g/mol. The Morgan fingerprint density at radius 1 is 1.23 bits per heavy atom. The highest BCUT2D eigenvalue weighted by Crippen LogP contribution is 2.28. The van der Waals surface area contributed by atoms with Crippen LogP contribution in [-0.2, 0) is 9.59 Å². The summed E-state index contributed by atoms with van der Waals surface area (Å²) in [5.41, 5.74) is 1.84. The Balaban J connectivity index is 1.37. The minimum atomic E-state index is -0.341. The number of carbonyl (C=O) groups is 2. The van der Waals surface area contributed by atoms with Gasteiger partial charge in [-0.2, -0.15) is 9.61 Å². The molecule has 2 amide bonds. The zero-order chi connectivity index (χ0) is 20.5. The Morgan fingerprint density at radius 3 is 2.80 bits per heavy atom. The van der Waals surface area contributed by atoms with Crippen LogP contribution < -0.4 is 16.0 Å². The maximum Gasteiger partial charge on any atom is 0.254 e. The molecule has 5 rings (SSSR count). The van der Waals surface area contributed by atoms with E-state index in [9.17, 15) is 9.59 Å². The van der Waals surface area contributed by atoms with Crippen molar-refractivity contribution < 1.29 is 9.59 Å². The smallest absolute Gasteiger partial charge is 0.254 e. The second kappa shape index (κ2) is 8.06. The van der Waals surface area contributed by atoms with Crippen LogP contribution in [0.3, 0.4) is 0 Å². The number of rotatable bonds is 8. The number of anilines is 2. The average molecular weight is 409 g/mol. The largest absolute Gasteiger partial charge is 0.370 e. The van der Waals surface area contributed by atoms with E-state index >= 15 is 0 Å². The van der Waals surface area contributed by atoms with Gasteiger partial charge in [-0.3, -0.25) is 14.9 Å². The van der Waals surface area contributed by atoms with Crippen LogP contribution >= 0.6 is 0 Å². The van der Waals surface area contributed by atoms with Crippen molar-refractivity contribution in [1.29, 1.82) is 0 Å². The number of nitrogens with zero attached hydrogens (tertiary/aromatic N) is 4. The molecule has 1 saturated carbocycles. The van der Waals surface area contributed by atoms with Gasteiger partial charge in [-0.25, -0.2) is 4.98 Å². The van der Waals surface area contributed by atoms with Crippen molar-refractivity contribution in [2.24, 2.45) is 0 Å². The lowest BCUT2D eigenvalue weighted by molar-refractivity contribution is -0.124. The number of imide groups is 1. The molecule has 0 spiro atoms. The Kier molecular flexibility index (Phi) is 5.12. The normalized spacial score (nSPS) is 21.0. The predicted octanol–water partition coefficient (Wildman–Crippen LogP) is 1.63. The average Bonchev–Trinajstić information content (AvgIpc) is 3.10. The second-order valence-corrected chi connectivity index (χ2v) is 8.33. The van der Waals surface area contributed by atoms with Gasteiger partial charge in [-0.1, -0.05) is 0 Å². The topological polar surface area (TPSA) is 104 Å².